The fourth-order valence-electron chi connectivity index (χ4n) is 6.39. The Morgan fingerprint density at radius 2 is 0.980 bits per heavy atom. The van der Waals surface area contributed by atoms with Crippen LogP contribution in [0.25, 0.3) is 22.8 Å². The van der Waals surface area contributed by atoms with Crippen molar-refractivity contribution in [2.75, 3.05) is 0 Å². The molecule has 51 heavy (non-hydrogen) atoms. The molecular weight excluding hydrogens is 1250 g/mol. The van der Waals surface area contributed by atoms with Crippen LogP contribution in [0.4, 0.5) is 0 Å². The molecule has 2 aliphatic heterocycles. The fourth-order valence-corrected chi connectivity index (χ4v) is 6.39. The van der Waals surface area contributed by atoms with E-state index in [0.29, 0.717) is 11.1 Å². The van der Waals surface area contributed by atoms with E-state index in [4.69, 9.17) is 0 Å². The maximum Gasteiger partial charge on any atom is 0.107 e. The van der Waals surface area contributed by atoms with Crippen molar-refractivity contribution in [2.24, 2.45) is 0 Å². The van der Waals surface area contributed by atoms with Crippen LogP contribution in [0.5, 0.6) is 0 Å². The van der Waals surface area contributed by atoms with E-state index in [1.54, 1.807) is 13.8 Å². The van der Waals surface area contributed by atoms with E-state index in [1.807, 2.05) is 51.9 Å². The van der Waals surface area contributed by atoms with Crippen LogP contribution in [0.15, 0.2) is 46.2 Å². The standard InChI is InChI=1S/C18H21N2O2.C17H18N3O.8Y/c1-11-15-14-8-7-9-19(14)17(3,4)18(5,6)20(15)10-13(12(2)21)16(11)22;1-11-14-13-7-6-8-19(13)16(2,3)17(4,5)20(14)10-12(9-18)15(11)21;;;;;;;;/h7-9H,1-6H3;6-8H,1-5H3;;;;;;;;/q2*-1;;;;;;;;. The van der Waals surface area contributed by atoms with Gasteiger partial charge in [0.15, 0.2) is 0 Å². The third-order valence-electron chi connectivity index (χ3n) is 10.5. The number of ketones is 1. The van der Waals surface area contributed by atoms with Gasteiger partial charge in [-0.1, -0.05) is 31.2 Å². The first kappa shape index (κ1) is 62.1. The summed E-state index contributed by atoms with van der Waals surface area (Å²) in [6.45, 7) is 22.1. The smallest absolute Gasteiger partial charge is 0.107 e. The van der Waals surface area contributed by atoms with Gasteiger partial charge in [-0.05, 0) is 121 Å². The topological polar surface area (TPSA) is 94.7 Å². The molecule has 0 spiro atoms. The van der Waals surface area contributed by atoms with Gasteiger partial charge in [0.25, 0.3) is 0 Å². The molecule has 0 N–H and O–H groups in total. The molecule has 0 saturated heterocycles. The number of hydrogen-bond donors (Lipinski definition) is 0. The summed E-state index contributed by atoms with van der Waals surface area (Å²) in [4.78, 5) is 36.6. The minimum Gasteiger partial charge on any atom is -0.418 e. The molecule has 6 rings (SSSR count). The molecular formula is C35H39N5O3Y8-2. The average molecular weight is 1290 g/mol. The monoisotopic (exact) mass is 1290 g/mol. The second-order valence-corrected chi connectivity index (χ2v) is 13.7. The number of hydrogen-bond acceptors (Lipinski definition) is 4. The Morgan fingerprint density at radius 1 is 0.627 bits per heavy atom. The summed E-state index contributed by atoms with van der Waals surface area (Å²) in [5, 5.41) is 9.20. The van der Waals surface area contributed by atoms with Crippen LogP contribution < -0.4 is 10.9 Å². The van der Waals surface area contributed by atoms with Gasteiger partial charge in [0, 0.05) is 297 Å². The van der Waals surface area contributed by atoms with E-state index in [0.717, 1.165) is 22.8 Å². The zero-order valence-electron chi connectivity index (χ0n) is 31.5. The van der Waals surface area contributed by atoms with Gasteiger partial charge in [-0.25, -0.2) is 0 Å². The molecule has 8 nitrogen and oxygen atoms in total. The zero-order chi connectivity index (χ0) is 32.0. The third-order valence-corrected chi connectivity index (χ3v) is 10.5. The number of fused-ring (bicyclic) bond motifs is 6. The van der Waals surface area contributed by atoms with Crippen LogP contribution in [-0.2, 0) is 284 Å². The van der Waals surface area contributed by atoms with Gasteiger partial charge in [0.2, 0.25) is 0 Å². The molecule has 0 atom stereocenters. The first-order valence-corrected chi connectivity index (χ1v) is 14.5. The zero-order valence-corrected chi connectivity index (χ0v) is 54.3. The Bertz CT molecular complexity index is 2010. The largest absolute Gasteiger partial charge is 0.418 e. The number of carbonyl (C=O) groups is 1. The predicted molar refractivity (Wildman–Crippen MR) is 167 cm³/mol. The van der Waals surface area contributed by atoms with E-state index < -0.39 is 0 Å². The van der Waals surface area contributed by atoms with Gasteiger partial charge in [-0.2, -0.15) is 0 Å². The summed E-state index contributed by atoms with van der Waals surface area (Å²) in [7, 11) is 0. The Balaban J connectivity index is -0.000000375. The van der Waals surface area contributed by atoms with Crippen LogP contribution in [-0.4, -0.2) is 24.1 Å². The fraction of sp³-hybridized carbons (Fsp3) is 0.429. The molecule has 6 heterocycles. The molecule has 0 unspecified atom stereocenters. The number of pyridine rings is 2. The maximum absolute atomic E-state index is 12.5. The first-order valence-electron chi connectivity index (χ1n) is 14.5. The summed E-state index contributed by atoms with van der Waals surface area (Å²) >= 11 is 0. The second kappa shape index (κ2) is 22.9. The van der Waals surface area contributed by atoms with Crippen LogP contribution in [0.2, 0.25) is 0 Å². The van der Waals surface area contributed by atoms with E-state index in [1.165, 1.54) is 6.92 Å². The van der Waals surface area contributed by atoms with Crippen LogP contribution in [0, 0.1) is 37.6 Å². The molecule has 0 fully saturated rings. The molecule has 8 radical (unpaired) electrons. The van der Waals surface area contributed by atoms with Gasteiger partial charge in [0.1, 0.15) is 10.9 Å². The summed E-state index contributed by atoms with van der Waals surface area (Å²) in [6.07, 6.45) is 10.2. The molecule has 4 aromatic rings. The number of rotatable bonds is 1. The van der Waals surface area contributed by atoms with Crippen molar-refractivity contribution in [3.63, 3.8) is 0 Å². The predicted octanol–water partition coefficient (Wildman–Crippen LogP) is 5.87. The summed E-state index contributed by atoms with van der Waals surface area (Å²) in [5.41, 5.74) is 3.60. The number of carbonyl (C=O) groups excluding carboxylic acids is 1. The third kappa shape index (κ3) is 10.3. The van der Waals surface area contributed by atoms with Gasteiger partial charge in [-0.15, -0.1) is 0 Å². The van der Waals surface area contributed by atoms with Gasteiger partial charge >= 0.3 is 0 Å². The average Bonchev–Trinajstić information content (AvgIpc) is 3.61. The molecule has 2 aliphatic rings. The molecule has 0 aromatic carbocycles. The number of Topliss-reactive ketones (excluding diaryl/α,β-unsaturated/α-hetero) is 1. The number of nitrogens with zero attached hydrogens (tertiary/aromatic N) is 5. The molecule has 16 heteroatoms. The summed E-state index contributed by atoms with van der Waals surface area (Å²) < 4.78 is 8.36. The van der Waals surface area contributed by atoms with E-state index in [-0.39, 0.29) is 312 Å². The van der Waals surface area contributed by atoms with E-state index >= 15 is 0 Å². The van der Waals surface area contributed by atoms with Crippen molar-refractivity contribution in [2.45, 2.75) is 98.3 Å². The molecule has 248 valence electrons. The second-order valence-electron chi connectivity index (χ2n) is 13.7. The van der Waals surface area contributed by atoms with Gasteiger partial charge in [-0.3, -0.25) is 5.26 Å². The first-order chi connectivity index (χ1) is 19.8. The van der Waals surface area contributed by atoms with Crippen molar-refractivity contribution in [1.82, 2.24) is 18.3 Å². The van der Waals surface area contributed by atoms with Crippen molar-refractivity contribution in [1.29, 1.82) is 5.26 Å². The molecule has 0 saturated carbocycles. The van der Waals surface area contributed by atoms with Crippen molar-refractivity contribution in [3.8, 4) is 28.8 Å². The van der Waals surface area contributed by atoms with Gasteiger partial charge < -0.3 is 32.7 Å². The normalized spacial score (nSPS) is 14.9. The van der Waals surface area contributed by atoms with Crippen molar-refractivity contribution in [3.05, 3.63) is 91.8 Å². The molecule has 0 aliphatic carbocycles. The summed E-state index contributed by atoms with van der Waals surface area (Å²) in [6, 6.07) is 9.98. The Kier molecular flexibility index (Phi) is 27.9. The Morgan fingerprint density at radius 3 is 1.33 bits per heavy atom. The molecule has 0 amide bonds. The van der Waals surface area contributed by atoms with Crippen molar-refractivity contribution < 1.29 is 266 Å². The number of aromatic nitrogens is 4. The van der Waals surface area contributed by atoms with Crippen LogP contribution >= 0.6 is 0 Å². The molecule has 4 aromatic heterocycles. The van der Waals surface area contributed by atoms with Crippen LogP contribution in [0.1, 0.15) is 89.4 Å². The number of nitriles is 1. The van der Waals surface area contributed by atoms with Crippen molar-refractivity contribution >= 4 is 5.78 Å². The van der Waals surface area contributed by atoms with Crippen LogP contribution in [0.3, 0.4) is 0 Å². The van der Waals surface area contributed by atoms with Gasteiger partial charge in [0.05, 0.1) is 16.9 Å². The van der Waals surface area contributed by atoms with E-state index in [9.17, 15) is 19.6 Å². The quantitative estimate of drug-likeness (QED) is 0.176. The summed E-state index contributed by atoms with van der Waals surface area (Å²) in [5.74, 6) is -0.238. The van der Waals surface area contributed by atoms with E-state index in [2.05, 4.69) is 76.9 Å². The molecule has 0 bridgehead atoms. The Hall–Kier alpha value is 4.45. The SMILES string of the molecule is CC(=O)c1[c-]n2c(c(C)c1=O)-c1cccn1C(C)(C)C2(C)C.Cc1c2n([c-]c(C#N)c1=O)C(C)(C)C(C)(C)n1cccc1-2.[Y].[Y].[Y].[Y].[Y].[Y].[Y].[Y]. The Labute approximate surface area is 503 Å². The minimum atomic E-state index is -0.336. The minimum absolute atomic E-state index is 0. The maximum atomic E-state index is 12.5.